The van der Waals surface area contributed by atoms with E-state index >= 15 is 0 Å². The van der Waals surface area contributed by atoms with Gasteiger partial charge in [-0.3, -0.25) is 0 Å². The van der Waals surface area contributed by atoms with E-state index in [4.69, 9.17) is 9.47 Å². The molecule has 1 atom stereocenters. The summed E-state index contributed by atoms with van der Waals surface area (Å²) in [5.41, 5.74) is 1.85. The van der Waals surface area contributed by atoms with E-state index in [9.17, 15) is 0 Å². The summed E-state index contributed by atoms with van der Waals surface area (Å²) in [6.45, 7) is 5.64. The molecule has 0 aromatic heterocycles. The number of nitrogens with one attached hydrogen (secondary N) is 1. The summed E-state index contributed by atoms with van der Waals surface area (Å²) >= 11 is 0. The van der Waals surface area contributed by atoms with Gasteiger partial charge in [0.2, 0.25) is 0 Å². The highest BCUT2D eigenvalue weighted by Gasteiger charge is 2.40. The van der Waals surface area contributed by atoms with Gasteiger partial charge in [-0.15, -0.1) is 0 Å². The van der Waals surface area contributed by atoms with Crippen LogP contribution in [0.3, 0.4) is 0 Å². The predicted octanol–water partition coefficient (Wildman–Crippen LogP) is 3.93. The highest BCUT2D eigenvalue weighted by atomic mass is 16.5. The maximum Gasteiger partial charge on any atom is 0.161 e. The van der Waals surface area contributed by atoms with Gasteiger partial charge in [0, 0.05) is 12.6 Å². The Morgan fingerprint density at radius 3 is 2.35 bits per heavy atom. The highest BCUT2D eigenvalue weighted by molar-refractivity contribution is 5.43. The fraction of sp³-hybridized carbons (Fsp3) is 0.647. The molecule has 1 aromatic rings. The average Bonchev–Trinajstić information content (AvgIpc) is 3.28. The lowest BCUT2D eigenvalue weighted by Crippen LogP contribution is -2.27. The number of rotatable bonds is 8. The standard InChI is InChI=1S/C17H27NO2/c1-5-14(18-12-17(6-2)9-10-17)13-7-8-15(19-3)16(11-13)20-4/h7-8,11,14,18H,5-6,9-10,12H2,1-4H3. The van der Waals surface area contributed by atoms with Crippen LogP contribution in [0.5, 0.6) is 11.5 Å². The molecule has 1 fully saturated rings. The topological polar surface area (TPSA) is 30.5 Å². The Morgan fingerprint density at radius 1 is 1.15 bits per heavy atom. The minimum Gasteiger partial charge on any atom is -0.493 e. The van der Waals surface area contributed by atoms with Crippen LogP contribution in [0, 0.1) is 5.41 Å². The number of ether oxygens (including phenoxy) is 2. The molecule has 0 bridgehead atoms. The SMILES string of the molecule is CCC(NCC1(CC)CC1)c1ccc(OC)c(OC)c1. The lowest BCUT2D eigenvalue weighted by molar-refractivity contribution is 0.352. The molecule has 3 nitrogen and oxygen atoms in total. The van der Waals surface area contributed by atoms with Crippen molar-refractivity contribution in [1.82, 2.24) is 5.32 Å². The minimum atomic E-state index is 0.388. The van der Waals surface area contributed by atoms with Crippen molar-refractivity contribution in [2.24, 2.45) is 5.41 Å². The van der Waals surface area contributed by atoms with Gasteiger partial charge in [-0.2, -0.15) is 0 Å². The van der Waals surface area contributed by atoms with Crippen molar-refractivity contribution in [3.8, 4) is 11.5 Å². The van der Waals surface area contributed by atoms with E-state index < -0.39 is 0 Å². The zero-order chi connectivity index (χ0) is 14.6. The summed E-state index contributed by atoms with van der Waals surface area (Å²) in [7, 11) is 3.36. The van der Waals surface area contributed by atoms with Gasteiger partial charge in [0.25, 0.3) is 0 Å². The molecule has 1 aromatic carbocycles. The molecule has 3 heteroatoms. The van der Waals surface area contributed by atoms with Gasteiger partial charge >= 0.3 is 0 Å². The van der Waals surface area contributed by atoms with E-state index in [0.717, 1.165) is 24.5 Å². The van der Waals surface area contributed by atoms with Crippen LogP contribution in [0.4, 0.5) is 0 Å². The summed E-state index contributed by atoms with van der Waals surface area (Å²) < 4.78 is 10.7. The smallest absolute Gasteiger partial charge is 0.161 e. The number of hydrogen-bond acceptors (Lipinski definition) is 3. The maximum absolute atomic E-state index is 5.40. The first-order valence-electron chi connectivity index (χ1n) is 7.63. The largest absolute Gasteiger partial charge is 0.493 e. The van der Waals surface area contributed by atoms with E-state index in [1.165, 1.54) is 24.8 Å². The average molecular weight is 277 g/mol. The van der Waals surface area contributed by atoms with Gasteiger partial charge in [0.15, 0.2) is 11.5 Å². The summed E-state index contributed by atoms with van der Waals surface area (Å²) in [4.78, 5) is 0. The van der Waals surface area contributed by atoms with Gasteiger partial charge in [0.05, 0.1) is 14.2 Å². The first kappa shape index (κ1) is 15.2. The Kier molecular flexibility index (Phi) is 4.92. The second-order valence-corrected chi connectivity index (χ2v) is 5.81. The Balaban J connectivity index is 2.06. The molecule has 0 spiro atoms. The van der Waals surface area contributed by atoms with Crippen molar-refractivity contribution in [2.45, 2.75) is 45.6 Å². The Morgan fingerprint density at radius 2 is 1.85 bits per heavy atom. The van der Waals surface area contributed by atoms with E-state index in [1.807, 2.05) is 6.07 Å². The van der Waals surface area contributed by atoms with E-state index in [1.54, 1.807) is 14.2 Å². The third-order valence-electron chi connectivity index (χ3n) is 4.65. The molecule has 112 valence electrons. The monoisotopic (exact) mass is 277 g/mol. The van der Waals surface area contributed by atoms with Crippen molar-refractivity contribution < 1.29 is 9.47 Å². The van der Waals surface area contributed by atoms with Gasteiger partial charge in [-0.1, -0.05) is 19.9 Å². The fourth-order valence-electron chi connectivity index (χ4n) is 2.74. The molecule has 1 aliphatic rings. The highest BCUT2D eigenvalue weighted by Crippen LogP contribution is 2.48. The van der Waals surface area contributed by atoms with Crippen LogP contribution in [0.1, 0.15) is 51.1 Å². The zero-order valence-corrected chi connectivity index (χ0v) is 13.2. The van der Waals surface area contributed by atoms with Crippen LogP contribution < -0.4 is 14.8 Å². The third kappa shape index (κ3) is 3.26. The van der Waals surface area contributed by atoms with Crippen LogP contribution in [0.25, 0.3) is 0 Å². The van der Waals surface area contributed by atoms with Crippen LogP contribution in [-0.2, 0) is 0 Å². The number of methoxy groups -OCH3 is 2. The second kappa shape index (κ2) is 6.49. The molecule has 0 radical (unpaired) electrons. The minimum absolute atomic E-state index is 0.388. The van der Waals surface area contributed by atoms with Gasteiger partial charge in [0.1, 0.15) is 0 Å². The third-order valence-corrected chi connectivity index (χ3v) is 4.65. The molecular weight excluding hydrogens is 250 g/mol. The summed E-state index contributed by atoms with van der Waals surface area (Å²) in [5.74, 6) is 1.60. The molecule has 0 aliphatic heterocycles. The summed E-state index contributed by atoms with van der Waals surface area (Å²) in [6.07, 6.45) is 5.11. The van der Waals surface area contributed by atoms with Crippen molar-refractivity contribution in [2.75, 3.05) is 20.8 Å². The molecule has 1 saturated carbocycles. The molecule has 1 aliphatic carbocycles. The van der Waals surface area contributed by atoms with Crippen LogP contribution >= 0.6 is 0 Å². The predicted molar refractivity (Wildman–Crippen MR) is 82.5 cm³/mol. The Hall–Kier alpha value is -1.22. The van der Waals surface area contributed by atoms with Crippen molar-refractivity contribution >= 4 is 0 Å². The summed E-state index contributed by atoms with van der Waals surface area (Å²) in [6, 6.07) is 6.60. The van der Waals surface area contributed by atoms with E-state index in [-0.39, 0.29) is 0 Å². The Bertz CT molecular complexity index is 441. The van der Waals surface area contributed by atoms with Crippen LogP contribution in [0.2, 0.25) is 0 Å². The zero-order valence-electron chi connectivity index (χ0n) is 13.2. The van der Waals surface area contributed by atoms with Crippen molar-refractivity contribution in [1.29, 1.82) is 0 Å². The van der Waals surface area contributed by atoms with Gasteiger partial charge < -0.3 is 14.8 Å². The quantitative estimate of drug-likeness (QED) is 0.781. The lowest BCUT2D eigenvalue weighted by Gasteiger charge is -2.22. The molecule has 2 rings (SSSR count). The Labute approximate surface area is 122 Å². The first-order valence-corrected chi connectivity index (χ1v) is 7.63. The van der Waals surface area contributed by atoms with Crippen LogP contribution in [-0.4, -0.2) is 20.8 Å². The van der Waals surface area contributed by atoms with E-state index in [0.29, 0.717) is 11.5 Å². The summed E-state index contributed by atoms with van der Waals surface area (Å²) in [5, 5.41) is 3.73. The lowest BCUT2D eigenvalue weighted by atomic mass is 10.00. The van der Waals surface area contributed by atoms with Crippen molar-refractivity contribution in [3.05, 3.63) is 23.8 Å². The molecule has 1 N–H and O–H groups in total. The van der Waals surface area contributed by atoms with Gasteiger partial charge in [-0.05, 0) is 48.8 Å². The maximum atomic E-state index is 5.40. The van der Waals surface area contributed by atoms with Crippen molar-refractivity contribution in [3.63, 3.8) is 0 Å². The molecule has 20 heavy (non-hydrogen) atoms. The van der Waals surface area contributed by atoms with Gasteiger partial charge in [-0.25, -0.2) is 0 Å². The molecular formula is C17H27NO2. The number of hydrogen-bond donors (Lipinski definition) is 1. The second-order valence-electron chi connectivity index (χ2n) is 5.81. The van der Waals surface area contributed by atoms with Crippen LogP contribution in [0.15, 0.2) is 18.2 Å². The molecule has 0 saturated heterocycles. The fourth-order valence-corrected chi connectivity index (χ4v) is 2.74. The number of benzene rings is 1. The first-order chi connectivity index (χ1) is 9.68. The molecule has 0 heterocycles. The molecule has 1 unspecified atom stereocenters. The van der Waals surface area contributed by atoms with E-state index in [2.05, 4.69) is 31.3 Å². The molecule has 0 amide bonds. The normalized spacial score (nSPS) is 17.6.